The lowest BCUT2D eigenvalue weighted by atomic mass is 9.84. The maximum absolute atomic E-state index is 13.2. The Morgan fingerprint density at radius 2 is 1.55 bits per heavy atom. The summed E-state index contributed by atoms with van der Waals surface area (Å²) < 4.78 is 0. The van der Waals surface area contributed by atoms with Gasteiger partial charge < -0.3 is 4.90 Å². The van der Waals surface area contributed by atoms with E-state index in [4.69, 9.17) is 0 Å². The third-order valence-corrected chi connectivity index (χ3v) is 7.78. The molecular formula is C28H35NO3S. The molecule has 4 nitrogen and oxygen atoms in total. The Morgan fingerprint density at radius 3 is 2.09 bits per heavy atom. The number of hydrogen-bond acceptors (Lipinski definition) is 4. The van der Waals surface area contributed by atoms with Gasteiger partial charge in [0.15, 0.2) is 0 Å². The zero-order chi connectivity index (χ0) is 23.8. The molecule has 0 spiro atoms. The van der Waals surface area contributed by atoms with Gasteiger partial charge in [0.2, 0.25) is 10.9 Å². The Hall–Kier alpha value is -2.40. The van der Waals surface area contributed by atoms with E-state index in [-0.39, 0.29) is 16.8 Å². The highest BCUT2D eigenvalue weighted by Crippen LogP contribution is 2.31. The number of benzene rings is 2. The maximum Gasteiger partial charge on any atom is 0.291 e. The van der Waals surface area contributed by atoms with Crippen LogP contribution in [0.15, 0.2) is 60.7 Å². The number of thioether (sulfide) groups is 1. The number of Topliss-reactive ketones (excluding diaryl/α,β-unsaturated/α-hetero) is 1. The number of carbonyl (C=O) groups excluding carboxylic acids is 3. The summed E-state index contributed by atoms with van der Waals surface area (Å²) in [6.07, 6.45) is 3.80. The maximum atomic E-state index is 13.2. The van der Waals surface area contributed by atoms with Gasteiger partial charge in [-0.05, 0) is 43.2 Å². The van der Waals surface area contributed by atoms with Crippen molar-refractivity contribution in [2.45, 2.75) is 64.8 Å². The Morgan fingerprint density at radius 1 is 0.970 bits per heavy atom. The third kappa shape index (κ3) is 6.35. The molecule has 1 unspecified atom stereocenters. The SMILES string of the molecule is CCC(C)(C)C(=O)C(=O)N1CCCCC1C(=O)SCCC(c1ccccc1)c1ccccc1. The molecule has 0 bridgehead atoms. The highest BCUT2D eigenvalue weighted by atomic mass is 32.2. The fourth-order valence-electron chi connectivity index (χ4n) is 4.27. The van der Waals surface area contributed by atoms with E-state index in [2.05, 4.69) is 24.3 Å². The number of hydrogen-bond donors (Lipinski definition) is 0. The second kappa shape index (κ2) is 11.6. The van der Waals surface area contributed by atoms with Crippen LogP contribution in [-0.4, -0.2) is 40.0 Å². The Labute approximate surface area is 202 Å². The van der Waals surface area contributed by atoms with Crippen LogP contribution in [0.1, 0.15) is 69.9 Å². The van der Waals surface area contributed by atoms with Gasteiger partial charge in [-0.25, -0.2) is 0 Å². The van der Waals surface area contributed by atoms with Crippen molar-refractivity contribution >= 4 is 28.6 Å². The first-order chi connectivity index (χ1) is 15.8. The fraction of sp³-hybridized carbons (Fsp3) is 0.464. The molecule has 2 aromatic carbocycles. The molecule has 0 aliphatic carbocycles. The quantitative estimate of drug-likeness (QED) is 0.436. The van der Waals surface area contributed by atoms with E-state index in [1.54, 1.807) is 18.7 Å². The van der Waals surface area contributed by atoms with Crippen molar-refractivity contribution in [2.75, 3.05) is 12.3 Å². The number of rotatable bonds is 9. The third-order valence-electron chi connectivity index (χ3n) is 6.78. The predicted octanol–water partition coefficient (Wildman–Crippen LogP) is 5.85. The summed E-state index contributed by atoms with van der Waals surface area (Å²) in [6.45, 7) is 6.00. The van der Waals surface area contributed by atoms with E-state index in [1.165, 1.54) is 22.9 Å². The first-order valence-electron chi connectivity index (χ1n) is 12.0. The van der Waals surface area contributed by atoms with Crippen molar-refractivity contribution < 1.29 is 14.4 Å². The number of piperidine rings is 1. The first-order valence-corrected chi connectivity index (χ1v) is 13.0. The van der Waals surface area contributed by atoms with Crippen LogP contribution in [0.4, 0.5) is 0 Å². The van der Waals surface area contributed by atoms with Gasteiger partial charge in [-0.15, -0.1) is 0 Å². The van der Waals surface area contributed by atoms with Gasteiger partial charge >= 0.3 is 0 Å². The normalized spacial score (nSPS) is 16.6. The van der Waals surface area contributed by atoms with Crippen LogP contribution >= 0.6 is 11.8 Å². The molecule has 1 aliphatic heterocycles. The van der Waals surface area contributed by atoms with E-state index in [1.807, 2.05) is 43.3 Å². The van der Waals surface area contributed by atoms with E-state index in [9.17, 15) is 14.4 Å². The standard InChI is InChI=1S/C28H35NO3S/c1-4-28(2,3)25(30)26(31)29-19-12-11-17-24(29)27(32)33-20-18-23(21-13-7-5-8-14-21)22-15-9-6-10-16-22/h5-10,13-16,23-24H,4,11-12,17-20H2,1-3H3. The van der Waals surface area contributed by atoms with Gasteiger partial charge in [0.25, 0.3) is 5.91 Å². The van der Waals surface area contributed by atoms with Crippen molar-refractivity contribution in [1.82, 2.24) is 4.90 Å². The summed E-state index contributed by atoms with van der Waals surface area (Å²) in [6, 6.07) is 20.2. The Bertz CT molecular complexity index is 903. The number of nitrogens with zero attached hydrogens (tertiary/aromatic N) is 1. The highest BCUT2D eigenvalue weighted by molar-refractivity contribution is 8.13. The molecule has 0 saturated carbocycles. The predicted molar refractivity (Wildman–Crippen MR) is 135 cm³/mol. The minimum absolute atomic E-state index is 0.00466. The lowest BCUT2D eigenvalue weighted by Gasteiger charge is -2.35. The lowest BCUT2D eigenvalue weighted by Crippen LogP contribution is -2.52. The van der Waals surface area contributed by atoms with Crippen LogP contribution < -0.4 is 0 Å². The van der Waals surface area contributed by atoms with Gasteiger partial charge in [-0.2, -0.15) is 0 Å². The van der Waals surface area contributed by atoms with Crippen molar-refractivity contribution in [2.24, 2.45) is 5.41 Å². The number of carbonyl (C=O) groups is 3. The van der Waals surface area contributed by atoms with Crippen LogP contribution in [-0.2, 0) is 14.4 Å². The topological polar surface area (TPSA) is 54.5 Å². The van der Waals surface area contributed by atoms with Crippen LogP contribution in [0.3, 0.4) is 0 Å². The van der Waals surface area contributed by atoms with E-state index in [0.29, 0.717) is 25.1 Å². The molecule has 1 heterocycles. The highest BCUT2D eigenvalue weighted by Gasteiger charge is 2.39. The fourth-order valence-corrected chi connectivity index (χ4v) is 5.26. The van der Waals surface area contributed by atoms with Crippen LogP contribution in [0.2, 0.25) is 0 Å². The molecule has 3 rings (SSSR count). The van der Waals surface area contributed by atoms with Crippen molar-refractivity contribution in [1.29, 1.82) is 0 Å². The van der Waals surface area contributed by atoms with Gasteiger partial charge in [-0.3, -0.25) is 14.4 Å². The minimum Gasteiger partial charge on any atom is -0.325 e. The van der Waals surface area contributed by atoms with Crippen molar-refractivity contribution in [3.05, 3.63) is 71.8 Å². The molecule has 2 aromatic rings. The molecule has 1 amide bonds. The number of amides is 1. The summed E-state index contributed by atoms with van der Waals surface area (Å²) in [5.74, 6) is -0.00109. The Kier molecular flexibility index (Phi) is 8.90. The molecule has 1 atom stereocenters. The smallest absolute Gasteiger partial charge is 0.291 e. The van der Waals surface area contributed by atoms with E-state index < -0.39 is 17.4 Å². The molecule has 176 valence electrons. The van der Waals surface area contributed by atoms with E-state index in [0.717, 1.165) is 19.3 Å². The summed E-state index contributed by atoms with van der Waals surface area (Å²) in [5.41, 5.74) is 1.77. The summed E-state index contributed by atoms with van der Waals surface area (Å²) in [4.78, 5) is 40.5. The summed E-state index contributed by atoms with van der Waals surface area (Å²) in [5, 5.41) is 0.00466. The van der Waals surface area contributed by atoms with Crippen molar-refractivity contribution in [3.8, 4) is 0 Å². The van der Waals surface area contributed by atoms with Crippen LogP contribution in [0, 0.1) is 5.41 Å². The van der Waals surface area contributed by atoms with Crippen LogP contribution in [0.5, 0.6) is 0 Å². The average molecular weight is 466 g/mol. The van der Waals surface area contributed by atoms with Crippen molar-refractivity contribution in [3.63, 3.8) is 0 Å². The molecule has 0 N–H and O–H groups in total. The van der Waals surface area contributed by atoms with Crippen LogP contribution in [0.25, 0.3) is 0 Å². The van der Waals surface area contributed by atoms with Gasteiger partial charge in [0.05, 0.1) is 0 Å². The molecule has 5 heteroatoms. The number of ketones is 1. The molecule has 1 aliphatic rings. The van der Waals surface area contributed by atoms with Gasteiger partial charge in [0.1, 0.15) is 6.04 Å². The molecular weight excluding hydrogens is 430 g/mol. The molecule has 1 saturated heterocycles. The molecule has 33 heavy (non-hydrogen) atoms. The first kappa shape index (κ1) is 25.2. The monoisotopic (exact) mass is 465 g/mol. The minimum atomic E-state index is -0.701. The molecule has 1 fully saturated rings. The second-order valence-electron chi connectivity index (χ2n) is 9.41. The average Bonchev–Trinajstić information content (AvgIpc) is 2.86. The van der Waals surface area contributed by atoms with Gasteiger partial charge in [0, 0.05) is 23.6 Å². The summed E-state index contributed by atoms with van der Waals surface area (Å²) in [7, 11) is 0. The zero-order valence-electron chi connectivity index (χ0n) is 20.0. The zero-order valence-corrected chi connectivity index (χ0v) is 20.8. The summed E-state index contributed by atoms with van der Waals surface area (Å²) >= 11 is 1.30. The lowest BCUT2D eigenvalue weighted by molar-refractivity contribution is -0.152. The second-order valence-corrected chi connectivity index (χ2v) is 10.5. The largest absolute Gasteiger partial charge is 0.325 e. The molecule has 0 aromatic heterocycles. The molecule has 0 radical (unpaired) electrons. The Balaban J connectivity index is 1.66. The van der Waals surface area contributed by atoms with E-state index >= 15 is 0 Å². The van der Waals surface area contributed by atoms with Gasteiger partial charge in [-0.1, -0.05) is 93.2 Å². The number of likely N-dealkylation sites (tertiary alicyclic amines) is 1.